The molecule has 2 aromatic rings. The lowest BCUT2D eigenvalue weighted by Crippen LogP contribution is -2.05. The lowest BCUT2D eigenvalue weighted by Gasteiger charge is -2.14. The first kappa shape index (κ1) is 13.4. The second kappa shape index (κ2) is 5.74. The molecule has 0 aromatic heterocycles. The Bertz CT molecular complexity index is 559. The van der Waals surface area contributed by atoms with Crippen molar-refractivity contribution in [3.05, 3.63) is 63.1 Å². The Hall–Kier alpha value is -1.03. The van der Waals surface area contributed by atoms with E-state index in [2.05, 4.69) is 15.9 Å². The number of anilines is 1. The molecule has 94 valence electrons. The third-order valence-corrected chi connectivity index (χ3v) is 3.45. The molecule has 0 saturated carbocycles. The molecule has 3 N–H and O–H groups in total. The van der Waals surface area contributed by atoms with Gasteiger partial charge in [-0.2, -0.15) is 0 Å². The zero-order valence-electron chi connectivity index (χ0n) is 9.61. The molecular formula is C14H13BrClNO. The Morgan fingerprint density at radius 1 is 1.22 bits per heavy atom. The number of benzene rings is 2. The first-order valence-corrected chi connectivity index (χ1v) is 6.71. The van der Waals surface area contributed by atoms with Crippen molar-refractivity contribution >= 4 is 33.2 Å². The minimum atomic E-state index is -0.628. The molecule has 0 heterocycles. The molecule has 0 fully saturated rings. The van der Waals surface area contributed by atoms with Crippen molar-refractivity contribution in [1.29, 1.82) is 0 Å². The quantitative estimate of drug-likeness (QED) is 0.839. The predicted molar refractivity (Wildman–Crippen MR) is 78.7 cm³/mol. The number of nitrogens with two attached hydrogens (primary N) is 1. The van der Waals surface area contributed by atoms with Crippen LogP contribution < -0.4 is 5.73 Å². The highest BCUT2D eigenvalue weighted by atomic mass is 79.9. The van der Waals surface area contributed by atoms with Crippen LogP contribution in [0.15, 0.2) is 46.9 Å². The summed E-state index contributed by atoms with van der Waals surface area (Å²) in [5, 5.41) is 10.8. The molecule has 0 bridgehead atoms. The van der Waals surface area contributed by atoms with Crippen molar-refractivity contribution < 1.29 is 5.11 Å². The van der Waals surface area contributed by atoms with Crippen LogP contribution in [0, 0.1) is 0 Å². The van der Waals surface area contributed by atoms with E-state index in [-0.39, 0.29) is 0 Å². The van der Waals surface area contributed by atoms with Crippen LogP contribution >= 0.6 is 27.5 Å². The molecule has 2 nitrogen and oxygen atoms in total. The average Bonchev–Trinajstić information content (AvgIpc) is 2.28. The van der Waals surface area contributed by atoms with E-state index in [9.17, 15) is 5.11 Å². The molecule has 0 amide bonds. The zero-order chi connectivity index (χ0) is 13.1. The summed E-state index contributed by atoms with van der Waals surface area (Å²) in [5.74, 6) is 0. The van der Waals surface area contributed by atoms with Crippen molar-refractivity contribution in [2.75, 3.05) is 5.73 Å². The number of halogens is 2. The van der Waals surface area contributed by atoms with E-state index in [0.29, 0.717) is 22.7 Å². The van der Waals surface area contributed by atoms with Gasteiger partial charge in [-0.1, -0.05) is 45.7 Å². The number of nitrogen functional groups attached to an aromatic ring is 1. The molecule has 18 heavy (non-hydrogen) atoms. The zero-order valence-corrected chi connectivity index (χ0v) is 11.9. The molecule has 0 radical (unpaired) electrons. The van der Waals surface area contributed by atoms with E-state index in [1.54, 1.807) is 18.2 Å². The van der Waals surface area contributed by atoms with Crippen molar-refractivity contribution in [1.82, 2.24) is 0 Å². The Morgan fingerprint density at radius 2 is 2.00 bits per heavy atom. The smallest absolute Gasteiger partial charge is 0.0850 e. The SMILES string of the molecule is Nc1cc(Cl)ccc1C(O)Cc1cccc(Br)c1. The lowest BCUT2D eigenvalue weighted by atomic mass is 10.0. The molecule has 0 saturated heterocycles. The van der Waals surface area contributed by atoms with Crippen LogP contribution in [0.2, 0.25) is 5.02 Å². The summed E-state index contributed by atoms with van der Waals surface area (Å²) < 4.78 is 0.997. The van der Waals surface area contributed by atoms with E-state index in [0.717, 1.165) is 10.0 Å². The van der Waals surface area contributed by atoms with Gasteiger partial charge in [0.05, 0.1) is 6.10 Å². The fourth-order valence-corrected chi connectivity index (χ4v) is 2.47. The summed E-state index contributed by atoms with van der Waals surface area (Å²) in [4.78, 5) is 0. The maximum absolute atomic E-state index is 10.2. The Morgan fingerprint density at radius 3 is 2.67 bits per heavy atom. The van der Waals surface area contributed by atoms with Gasteiger partial charge in [-0.25, -0.2) is 0 Å². The van der Waals surface area contributed by atoms with Crippen molar-refractivity contribution in [3.8, 4) is 0 Å². The maximum atomic E-state index is 10.2. The molecule has 0 spiro atoms. The monoisotopic (exact) mass is 325 g/mol. The molecule has 1 atom stereocenters. The Kier molecular flexibility index (Phi) is 4.27. The van der Waals surface area contributed by atoms with Gasteiger partial charge in [0.25, 0.3) is 0 Å². The highest BCUT2D eigenvalue weighted by Crippen LogP contribution is 2.27. The first-order chi connectivity index (χ1) is 8.56. The summed E-state index contributed by atoms with van der Waals surface area (Å²) in [7, 11) is 0. The van der Waals surface area contributed by atoms with Gasteiger partial charge >= 0.3 is 0 Å². The van der Waals surface area contributed by atoms with Crippen molar-refractivity contribution in [3.63, 3.8) is 0 Å². The van der Waals surface area contributed by atoms with Gasteiger partial charge in [-0.05, 0) is 29.8 Å². The second-order valence-electron chi connectivity index (χ2n) is 4.12. The molecular weight excluding hydrogens is 314 g/mol. The Labute approximate surface area is 120 Å². The van der Waals surface area contributed by atoms with Gasteiger partial charge in [0, 0.05) is 27.2 Å². The fraction of sp³-hybridized carbons (Fsp3) is 0.143. The predicted octanol–water partition coefficient (Wildman–Crippen LogP) is 3.96. The van der Waals surface area contributed by atoms with E-state index in [1.165, 1.54) is 0 Å². The second-order valence-corrected chi connectivity index (χ2v) is 5.48. The van der Waals surface area contributed by atoms with Crippen LogP contribution in [0.5, 0.6) is 0 Å². The molecule has 0 aliphatic rings. The molecule has 0 aliphatic heterocycles. The highest BCUT2D eigenvalue weighted by molar-refractivity contribution is 9.10. The third-order valence-electron chi connectivity index (χ3n) is 2.73. The van der Waals surface area contributed by atoms with Gasteiger partial charge in [0.15, 0.2) is 0 Å². The first-order valence-electron chi connectivity index (χ1n) is 5.53. The maximum Gasteiger partial charge on any atom is 0.0850 e. The van der Waals surface area contributed by atoms with Crippen LogP contribution in [-0.2, 0) is 6.42 Å². The lowest BCUT2D eigenvalue weighted by molar-refractivity contribution is 0.179. The van der Waals surface area contributed by atoms with Crippen LogP contribution in [0.1, 0.15) is 17.2 Å². The average molecular weight is 327 g/mol. The minimum Gasteiger partial charge on any atom is -0.398 e. The minimum absolute atomic E-state index is 0.519. The molecule has 2 rings (SSSR count). The number of hydrogen-bond donors (Lipinski definition) is 2. The topological polar surface area (TPSA) is 46.2 Å². The molecule has 1 unspecified atom stereocenters. The van der Waals surface area contributed by atoms with Crippen LogP contribution in [0.3, 0.4) is 0 Å². The summed E-state index contributed by atoms with van der Waals surface area (Å²) in [6.07, 6.45) is -0.109. The summed E-state index contributed by atoms with van der Waals surface area (Å²) >= 11 is 9.24. The van der Waals surface area contributed by atoms with E-state index >= 15 is 0 Å². The number of aliphatic hydroxyl groups is 1. The van der Waals surface area contributed by atoms with Gasteiger partial charge in [0.1, 0.15) is 0 Å². The fourth-order valence-electron chi connectivity index (χ4n) is 1.85. The number of aliphatic hydroxyl groups excluding tert-OH is 1. The van der Waals surface area contributed by atoms with Crippen LogP contribution in [-0.4, -0.2) is 5.11 Å². The standard InChI is InChI=1S/C14H13BrClNO/c15-10-3-1-2-9(6-10)7-14(18)12-5-4-11(16)8-13(12)17/h1-6,8,14,18H,7,17H2. The number of hydrogen-bond acceptors (Lipinski definition) is 2. The van der Waals surface area contributed by atoms with E-state index in [1.807, 2.05) is 24.3 Å². The van der Waals surface area contributed by atoms with Crippen LogP contribution in [0.4, 0.5) is 5.69 Å². The van der Waals surface area contributed by atoms with E-state index in [4.69, 9.17) is 17.3 Å². The highest BCUT2D eigenvalue weighted by Gasteiger charge is 2.12. The van der Waals surface area contributed by atoms with Crippen molar-refractivity contribution in [2.24, 2.45) is 0 Å². The molecule has 0 aliphatic carbocycles. The van der Waals surface area contributed by atoms with Gasteiger partial charge in [0.2, 0.25) is 0 Å². The molecule has 2 aromatic carbocycles. The summed E-state index contributed by atoms with van der Waals surface area (Å²) in [6, 6.07) is 13.0. The summed E-state index contributed by atoms with van der Waals surface area (Å²) in [6.45, 7) is 0. The third kappa shape index (κ3) is 3.25. The number of rotatable bonds is 3. The van der Waals surface area contributed by atoms with E-state index < -0.39 is 6.10 Å². The summed E-state index contributed by atoms with van der Waals surface area (Å²) in [5.41, 5.74) is 8.13. The Balaban J connectivity index is 2.19. The van der Waals surface area contributed by atoms with Crippen LogP contribution in [0.25, 0.3) is 0 Å². The van der Waals surface area contributed by atoms with Crippen molar-refractivity contribution in [2.45, 2.75) is 12.5 Å². The van der Waals surface area contributed by atoms with Gasteiger partial charge < -0.3 is 10.8 Å². The molecule has 4 heteroatoms. The normalized spacial score (nSPS) is 12.4. The van der Waals surface area contributed by atoms with Gasteiger partial charge in [-0.3, -0.25) is 0 Å². The largest absolute Gasteiger partial charge is 0.398 e. The van der Waals surface area contributed by atoms with Gasteiger partial charge in [-0.15, -0.1) is 0 Å².